The Labute approximate surface area is 125 Å². The molecule has 1 aromatic heterocycles. The molecule has 0 aliphatic rings. The first-order valence-electron chi connectivity index (χ1n) is 7.18. The zero-order valence-electron chi connectivity index (χ0n) is 13.0. The van der Waals surface area contributed by atoms with Crippen LogP contribution in [-0.4, -0.2) is 23.5 Å². The van der Waals surface area contributed by atoms with E-state index in [1.807, 2.05) is 35.9 Å². The predicted octanol–water partition coefficient (Wildman–Crippen LogP) is 2.92. The van der Waals surface area contributed by atoms with E-state index < -0.39 is 0 Å². The summed E-state index contributed by atoms with van der Waals surface area (Å²) in [4.78, 5) is 0. The minimum absolute atomic E-state index is 0.220. The monoisotopic (exact) mass is 289 g/mol. The van der Waals surface area contributed by atoms with Crippen LogP contribution in [0.4, 0.5) is 0 Å². The normalized spacial score (nSPS) is 12.5. The van der Waals surface area contributed by atoms with Gasteiger partial charge in [-0.05, 0) is 38.5 Å². The molecule has 2 N–H and O–H groups in total. The summed E-state index contributed by atoms with van der Waals surface area (Å²) >= 11 is 0. The molecular formula is C16H23N3O2. The standard InChI is InChI=1S/C16H23N3O2/c1-5-21-13-8-6-12(7-9-13)15(17)16-14(20-4)10-18-19(16)11(2)3/h6-11,15H,5,17H2,1-4H3. The number of hydrogen-bond donors (Lipinski definition) is 1. The molecule has 0 aliphatic heterocycles. The Morgan fingerprint density at radius 3 is 2.43 bits per heavy atom. The largest absolute Gasteiger partial charge is 0.494 e. The molecule has 0 aliphatic carbocycles. The van der Waals surface area contributed by atoms with Crippen molar-refractivity contribution in [3.8, 4) is 11.5 Å². The third-order valence-corrected chi connectivity index (χ3v) is 3.35. The lowest BCUT2D eigenvalue weighted by molar-refractivity contribution is 0.340. The summed E-state index contributed by atoms with van der Waals surface area (Å²) in [5.41, 5.74) is 8.30. The van der Waals surface area contributed by atoms with Crippen molar-refractivity contribution in [3.05, 3.63) is 41.7 Å². The number of nitrogens with zero attached hydrogens (tertiary/aromatic N) is 2. The molecule has 114 valence electrons. The van der Waals surface area contributed by atoms with Crippen molar-refractivity contribution in [1.29, 1.82) is 0 Å². The van der Waals surface area contributed by atoms with Gasteiger partial charge in [-0.1, -0.05) is 12.1 Å². The van der Waals surface area contributed by atoms with Crippen LogP contribution in [0.5, 0.6) is 11.5 Å². The molecule has 5 nitrogen and oxygen atoms in total. The van der Waals surface area contributed by atoms with Crippen molar-refractivity contribution in [3.63, 3.8) is 0 Å². The van der Waals surface area contributed by atoms with Crippen LogP contribution in [0.1, 0.15) is 44.1 Å². The summed E-state index contributed by atoms with van der Waals surface area (Å²) < 4.78 is 12.8. The van der Waals surface area contributed by atoms with Crippen LogP contribution in [0, 0.1) is 0 Å². The van der Waals surface area contributed by atoms with Gasteiger partial charge in [0.15, 0.2) is 5.75 Å². The molecule has 21 heavy (non-hydrogen) atoms. The smallest absolute Gasteiger partial charge is 0.161 e. The van der Waals surface area contributed by atoms with Gasteiger partial charge in [0.2, 0.25) is 0 Å². The molecule has 0 fully saturated rings. The molecule has 0 bridgehead atoms. The van der Waals surface area contributed by atoms with Gasteiger partial charge in [0.05, 0.1) is 26.0 Å². The van der Waals surface area contributed by atoms with E-state index in [0.29, 0.717) is 12.4 Å². The number of rotatable bonds is 6. The van der Waals surface area contributed by atoms with Crippen LogP contribution in [0.2, 0.25) is 0 Å². The Bertz CT molecular complexity index is 576. The minimum atomic E-state index is -0.291. The van der Waals surface area contributed by atoms with Gasteiger partial charge in [-0.15, -0.1) is 0 Å². The molecule has 0 spiro atoms. The SMILES string of the molecule is CCOc1ccc(C(N)c2c(OC)cnn2C(C)C)cc1. The first kappa shape index (κ1) is 15.4. The highest BCUT2D eigenvalue weighted by Gasteiger charge is 2.21. The predicted molar refractivity (Wildman–Crippen MR) is 82.8 cm³/mol. The Morgan fingerprint density at radius 1 is 1.24 bits per heavy atom. The summed E-state index contributed by atoms with van der Waals surface area (Å²) in [5, 5.41) is 4.37. The number of nitrogens with two attached hydrogens (primary N) is 1. The van der Waals surface area contributed by atoms with Gasteiger partial charge < -0.3 is 15.2 Å². The Balaban J connectivity index is 2.34. The van der Waals surface area contributed by atoms with Gasteiger partial charge in [-0.2, -0.15) is 5.10 Å². The summed E-state index contributed by atoms with van der Waals surface area (Å²) in [5.74, 6) is 1.56. The Kier molecular flexibility index (Phi) is 4.85. The number of hydrogen-bond acceptors (Lipinski definition) is 4. The van der Waals surface area contributed by atoms with E-state index in [1.165, 1.54) is 0 Å². The average molecular weight is 289 g/mol. The molecule has 1 aromatic carbocycles. The van der Waals surface area contributed by atoms with Crippen molar-refractivity contribution >= 4 is 0 Å². The van der Waals surface area contributed by atoms with Crippen LogP contribution in [0.3, 0.4) is 0 Å². The van der Waals surface area contributed by atoms with E-state index in [2.05, 4.69) is 18.9 Å². The van der Waals surface area contributed by atoms with Crippen molar-refractivity contribution in [1.82, 2.24) is 9.78 Å². The van der Waals surface area contributed by atoms with Crippen molar-refractivity contribution < 1.29 is 9.47 Å². The Morgan fingerprint density at radius 2 is 1.90 bits per heavy atom. The van der Waals surface area contributed by atoms with Crippen LogP contribution in [-0.2, 0) is 0 Å². The Hall–Kier alpha value is -2.01. The summed E-state index contributed by atoms with van der Waals surface area (Å²) in [6.07, 6.45) is 1.71. The van der Waals surface area contributed by atoms with E-state index in [1.54, 1.807) is 13.3 Å². The molecule has 0 amide bonds. The fraction of sp³-hybridized carbons (Fsp3) is 0.438. The first-order valence-corrected chi connectivity index (χ1v) is 7.18. The van der Waals surface area contributed by atoms with E-state index >= 15 is 0 Å². The summed E-state index contributed by atoms with van der Waals surface area (Å²) in [6, 6.07) is 7.75. The van der Waals surface area contributed by atoms with E-state index in [4.69, 9.17) is 15.2 Å². The molecule has 1 unspecified atom stereocenters. The third kappa shape index (κ3) is 3.19. The van der Waals surface area contributed by atoms with Gasteiger partial charge in [-0.25, -0.2) is 0 Å². The molecular weight excluding hydrogens is 266 g/mol. The molecule has 5 heteroatoms. The second-order valence-electron chi connectivity index (χ2n) is 5.12. The maximum absolute atomic E-state index is 6.42. The fourth-order valence-electron chi connectivity index (χ4n) is 2.32. The highest BCUT2D eigenvalue weighted by molar-refractivity contribution is 5.38. The van der Waals surface area contributed by atoms with E-state index in [-0.39, 0.29) is 12.1 Å². The second kappa shape index (κ2) is 6.63. The number of methoxy groups -OCH3 is 1. The zero-order chi connectivity index (χ0) is 15.4. The van der Waals surface area contributed by atoms with E-state index in [9.17, 15) is 0 Å². The summed E-state index contributed by atoms with van der Waals surface area (Å²) in [6.45, 7) is 6.76. The van der Waals surface area contributed by atoms with Crippen LogP contribution < -0.4 is 15.2 Å². The maximum Gasteiger partial charge on any atom is 0.161 e. The first-order chi connectivity index (χ1) is 10.1. The highest BCUT2D eigenvalue weighted by Crippen LogP contribution is 2.30. The molecule has 0 saturated heterocycles. The highest BCUT2D eigenvalue weighted by atomic mass is 16.5. The van der Waals surface area contributed by atoms with Crippen LogP contribution in [0.25, 0.3) is 0 Å². The number of ether oxygens (including phenoxy) is 2. The topological polar surface area (TPSA) is 62.3 Å². The quantitative estimate of drug-likeness (QED) is 0.888. The van der Waals surface area contributed by atoms with Crippen molar-refractivity contribution in [2.45, 2.75) is 32.9 Å². The minimum Gasteiger partial charge on any atom is -0.494 e. The lowest BCUT2D eigenvalue weighted by atomic mass is 10.0. The van der Waals surface area contributed by atoms with Gasteiger partial charge >= 0.3 is 0 Å². The van der Waals surface area contributed by atoms with Gasteiger partial charge in [0.1, 0.15) is 11.4 Å². The van der Waals surface area contributed by atoms with Gasteiger partial charge in [-0.3, -0.25) is 4.68 Å². The fourth-order valence-corrected chi connectivity index (χ4v) is 2.32. The van der Waals surface area contributed by atoms with Crippen molar-refractivity contribution in [2.24, 2.45) is 5.73 Å². The zero-order valence-corrected chi connectivity index (χ0v) is 13.0. The van der Waals surface area contributed by atoms with Crippen LogP contribution >= 0.6 is 0 Å². The lowest BCUT2D eigenvalue weighted by Gasteiger charge is -2.18. The lowest BCUT2D eigenvalue weighted by Crippen LogP contribution is -2.19. The third-order valence-electron chi connectivity index (χ3n) is 3.35. The van der Waals surface area contributed by atoms with Crippen molar-refractivity contribution in [2.75, 3.05) is 13.7 Å². The maximum atomic E-state index is 6.42. The van der Waals surface area contributed by atoms with Gasteiger partial charge in [0, 0.05) is 6.04 Å². The number of aromatic nitrogens is 2. The van der Waals surface area contributed by atoms with Gasteiger partial charge in [0.25, 0.3) is 0 Å². The average Bonchev–Trinajstić information content (AvgIpc) is 2.91. The molecule has 2 rings (SSSR count). The number of benzene rings is 1. The molecule has 0 radical (unpaired) electrons. The molecule has 2 aromatic rings. The molecule has 1 heterocycles. The molecule has 1 atom stereocenters. The molecule has 0 saturated carbocycles. The van der Waals surface area contributed by atoms with Crippen LogP contribution in [0.15, 0.2) is 30.5 Å². The van der Waals surface area contributed by atoms with E-state index in [0.717, 1.165) is 17.0 Å². The summed E-state index contributed by atoms with van der Waals surface area (Å²) in [7, 11) is 1.64. The second-order valence-corrected chi connectivity index (χ2v) is 5.12.